The molecule has 2 heteroatoms. The van der Waals surface area contributed by atoms with Crippen molar-refractivity contribution in [1.29, 1.82) is 0 Å². The Kier molecular flexibility index (Phi) is 4.50. The summed E-state index contributed by atoms with van der Waals surface area (Å²) in [6.07, 6.45) is 0.426. The van der Waals surface area contributed by atoms with E-state index >= 15 is 0 Å². The number of ether oxygens (including phenoxy) is 2. The largest absolute Gasteiger partial charge is 0.382 e. The molecule has 0 spiro atoms. The highest BCUT2D eigenvalue weighted by molar-refractivity contribution is 5.11. The fourth-order valence-corrected chi connectivity index (χ4v) is 0.885. The molecule has 0 radical (unpaired) electrons. The Morgan fingerprint density at radius 3 is 2.23 bits per heavy atom. The Balaban J connectivity index is 0.000000132. The summed E-state index contributed by atoms with van der Waals surface area (Å²) in [5.41, 5.74) is 1.32. The molecule has 1 aromatic carbocycles. The van der Waals surface area contributed by atoms with E-state index in [1.165, 1.54) is 5.56 Å². The van der Waals surface area contributed by atoms with Gasteiger partial charge >= 0.3 is 0 Å². The second-order valence-electron chi connectivity index (χ2n) is 3.07. The van der Waals surface area contributed by atoms with Gasteiger partial charge in [0.25, 0.3) is 0 Å². The van der Waals surface area contributed by atoms with Gasteiger partial charge in [0, 0.05) is 7.11 Å². The van der Waals surface area contributed by atoms with Gasteiger partial charge in [-0.05, 0) is 6.92 Å². The van der Waals surface area contributed by atoms with Crippen molar-refractivity contribution in [2.75, 3.05) is 20.3 Å². The van der Waals surface area contributed by atoms with E-state index in [9.17, 15) is 0 Å². The fraction of sp³-hybridized carbons (Fsp3) is 0.455. The lowest BCUT2D eigenvalue weighted by Gasteiger charge is -1.84. The minimum absolute atomic E-state index is 0.426. The summed E-state index contributed by atoms with van der Waals surface area (Å²) in [5, 5.41) is 0. The number of hydrogen-bond donors (Lipinski definition) is 0. The van der Waals surface area contributed by atoms with Crippen molar-refractivity contribution >= 4 is 0 Å². The average Bonchev–Trinajstić information content (AvgIpc) is 2.91. The highest BCUT2D eigenvalue weighted by Gasteiger charge is 2.21. The van der Waals surface area contributed by atoms with Crippen LogP contribution in [0.1, 0.15) is 5.56 Å². The molecule has 1 unspecified atom stereocenters. The molecule has 0 aromatic heterocycles. The number of benzene rings is 1. The summed E-state index contributed by atoms with van der Waals surface area (Å²) < 4.78 is 9.56. The Morgan fingerprint density at radius 2 is 2.00 bits per heavy atom. The molecule has 1 aliphatic rings. The molecule has 1 aromatic rings. The van der Waals surface area contributed by atoms with Crippen molar-refractivity contribution in [3.63, 3.8) is 0 Å². The van der Waals surface area contributed by atoms with E-state index in [1.54, 1.807) is 7.11 Å². The smallest absolute Gasteiger partial charge is 0.104 e. The summed E-state index contributed by atoms with van der Waals surface area (Å²) in [4.78, 5) is 0. The Hall–Kier alpha value is -0.860. The molecule has 2 rings (SSSR count). The summed E-state index contributed by atoms with van der Waals surface area (Å²) >= 11 is 0. The van der Waals surface area contributed by atoms with Crippen LogP contribution >= 0.6 is 0 Å². The van der Waals surface area contributed by atoms with Gasteiger partial charge < -0.3 is 9.47 Å². The third kappa shape index (κ3) is 5.39. The van der Waals surface area contributed by atoms with E-state index in [0.717, 1.165) is 13.2 Å². The molecule has 1 heterocycles. The summed E-state index contributed by atoms with van der Waals surface area (Å²) in [5.74, 6) is 0. The third-order valence-corrected chi connectivity index (χ3v) is 1.70. The van der Waals surface area contributed by atoms with E-state index in [2.05, 4.69) is 19.1 Å². The number of rotatable bonds is 2. The van der Waals surface area contributed by atoms with Crippen molar-refractivity contribution in [1.82, 2.24) is 0 Å². The molecule has 0 N–H and O–H groups in total. The monoisotopic (exact) mass is 180 g/mol. The van der Waals surface area contributed by atoms with Gasteiger partial charge in [0.1, 0.15) is 6.10 Å². The predicted octanol–water partition coefficient (Wildman–Crippen LogP) is 2.03. The lowest BCUT2D eigenvalue weighted by atomic mass is 10.2. The SMILES string of the molecule is COCC1CO1.Cc1ccccc1. The quantitative estimate of drug-likeness (QED) is 0.649. The number of epoxide rings is 1. The summed E-state index contributed by atoms with van der Waals surface area (Å²) in [6, 6.07) is 10.3. The second-order valence-corrected chi connectivity index (χ2v) is 3.07. The zero-order chi connectivity index (χ0) is 9.52. The van der Waals surface area contributed by atoms with E-state index < -0.39 is 0 Å². The van der Waals surface area contributed by atoms with Crippen molar-refractivity contribution in [3.05, 3.63) is 35.9 Å². The maximum Gasteiger partial charge on any atom is 0.104 e. The molecule has 0 aliphatic carbocycles. The fourth-order valence-electron chi connectivity index (χ4n) is 0.885. The molecule has 13 heavy (non-hydrogen) atoms. The zero-order valence-electron chi connectivity index (χ0n) is 8.19. The first-order chi connectivity index (χ1) is 6.33. The van der Waals surface area contributed by atoms with Crippen LogP contribution in [0.15, 0.2) is 30.3 Å². The highest BCUT2D eigenvalue weighted by atomic mass is 16.6. The lowest BCUT2D eigenvalue weighted by Crippen LogP contribution is -1.94. The molecule has 1 aliphatic heterocycles. The van der Waals surface area contributed by atoms with Crippen LogP contribution in [0.4, 0.5) is 0 Å². The van der Waals surface area contributed by atoms with Gasteiger partial charge in [0.05, 0.1) is 13.2 Å². The van der Waals surface area contributed by atoms with Gasteiger partial charge in [-0.25, -0.2) is 0 Å². The first-order valence-corrected chi connectivity index (χ1v) is 4.45. The van der Waals surface area contributed by atoms with Crippen molar-refractivity contribution in [2.45, 2.75) is 13.0 Å². The third-order valence-electron chi connectivity index (χ3n) is 1.70. The summed E-state index contributed by atoms with van der Waals surface area (Å²) in [6.45, 7) is 3.74. The number of methoxy groups -OCH3 is 1. The Bertz CT molecular complexity index is 217. The van der Waals surface area contributed by atoms with Crippen molar-refractivity contribution in [3.8, 4) is 0 Å². The van der Waals surface area contributed by atoms with E-state index in [1.807, 2.05) is 18.2 Å². The van der Waals surface area contributed by atoms with Crippen LogP contribution in [0.3, 0.4) is 0 Å². The molecule has 0 amide bonds. The maximum atomic E-state index is 4.82. The molecular weight excluding hydrogens is 164 g/mol. The molecule has 0 bridgehead atoms. The average molecular weight is 180 g/mol. The van der Waals surface area contributed by atoms with Gasteiger partial charge in [-0.3, -0.25) is 0 Å². The molecular formula is C11H16O2. The zero-order valence-corrected chi connectivity index (χ0v) is 8.19. The molecule has 1 fully saturated rings. The van der Waals surface area contributed by atoms with E-state index in [-0.39, 0.29) is 0 Å². The second kappa shape index (κ2) is 5.73. The molecule has 1 saturated heterocycles. The van der Waals surface area contributed by atoms with Crippen LogP contribution in [-0.2, 0) is 9.47 Å². The van der Waals surface area contributed by atoms with E-state index in [4.69, 9.17) is 9.47 Å². The number of hydrogen-bond acceptors (Lipinski definition) is 2. The summed E-state index contributed by atoms with van der Waals surface area (Å²) in [7, 11) is 1.68. The predicted molar refractivity (Wildman–Crippen MR) is 52.8 cm³/mol. The van der Waals surface area contributed by atoms with Crippen LogP contribution in [0.2, 0.25) is 0 Å². The maximum absolute atomic E-state index is 4.82. The van der Waals surface area contributed by atoms with Crippen LogP contribution in [0.5, 0.6) is 0 Å². The topological polar surface area (TPSA) is 21.8 Å². The molecule has 1 atom stereocenters. The van der Waals surface area contributed by atoms with Gasteiger partial charge in [-0.15, -0.1) is 0 Å². The van der Waals surface area contributed by atoms with Gasteiger partial charge in [-0.2, -0.15) is 0 Å². The lowest BCUT2D eigenvalue weighted by molar-refractivity contribution is 0.171. The minimum atomic E-state index is 0.426. The Labute approximate surface area is 79.5 Å². The first kappa shape index (κ1) is 10.2. The van der Waals surface area contributed by atoms with Gasteiger partial charge in [0.15, 0.2) is 0 Å². The van der Waals surface area contributed by atoms with Crippen LogP contribution in [0.25, 0.3) is 0 Å². The van der Waals surface area contributed by atoms with Gasteiger partial charge in [-0.1, -0.05) is 35.9 Å². The van der Waals surface area contributed by atoms with Crippen LogP contribution in [0, 0.1) is 6.92 Å². The van der Waals surface area contributed by atoms with Gasteiger partial charge in [0.2, 0.25) is 0 Å². The van der Waals surface area contributed by atoms with E-state index in [0.29, 0.717) is 6.10 Å². The molecule has 2 nitrogen and oxygen atoms in total. The van der Waals surface area contributed by atoms with Crippen molar-refractivity contribution < 1.29 is 9.47 Å². The Morgan fingerprint density at radius 1 is 1.38 bits per heavy atom. The normalized spacial score (nSPS) is 18.8. The first-order valence-electron chi connectivity index (χ1n) is 4.45. The van der Waals surface area contributed by atoms with Crippen LogP contribution in [-0.4, -0.2) is 26.4 Å². The molecule has 72 valence electrons. The number of aryl methyl sites for hydroxylation is 1. The minimum Gasteiger partial charge on any atom is -0.382 e. The highest BCUT2D eigenvalue weighted by Crippen LogP contribution is 2.06. The van der Waals surface area contributed by atoms with Crippen LogP contribution < -0.4 is 0 Å². The molecule has 0 saturated carbocycles. The standard InChI is InChI=1S/C7H8.C4H8O2/c1-7-5-3-2-4-6-7;1-5-2-4-3-6-4/h2-6H,1H3;4H,2-3H2,1H3. The van der Waals surface area contributed by atoms with Crippen molar-refractivity contribution in [2.24, 2.45) is 0 Å².